The number of thiophene rings is 1. The lowest BCUT2D eigenvalue weighted by Gasteiger charge is -2.22. The molecule has 3 rings (SSSR count). The van der Waals surface area contributed by atoms with Crippen molar-refractivity contribution in [1.82, 2.24) is 9.97 Å². The van der Waals surface area contributed by atoms with Crippen LogP contribution in [0.3, 0.4) is 0 Å². The summed E-state index contributed by atoms with van der Waals surface area (Å²) >= 11 is 5.11. The van der Waals surface area contributed by atoms with Crippen molar-refractivity contribution in [2.45, 2.75) is 25.4 Å². The van der Waals surface area contributed by atoms with Crippen LogP contribution >= 0.6 is 27.3 Å². The molecule has 0 atom stereocenters. The molecule has 0 amide bonds. The summed E-state index contributed by atoms with van der Waals surface area (Å²) in [6.07, 6.45) is 4.18. The lowest BCUT2D eigenvalue weighted by atomic mass is 10.3. The van der Waals surface area contributed by atoms with Gasteiger partial charge in [-0.25, -0.2) is 4.98 Å². The van der Waals surface area contributed by atoms with E-state index >= 15 is 0 Å². The van der Waals surface area contributed by atoms with Crippen molar-refractivity contribution in [3.8, 4) is 5.88 Å². The lowest BCUT2D eigenvalue weighted by molar-refractivity contribution is 0.393. The first-order valence-electron chi connectivity index (χ1n) is 6.12. The van der Waals surface area contributed by atoms with Crippen molar-refractivity contribution in [2.24, 2.45) is 0 Å². The molecule has 1 saturated carbocycles. The van der Waals surface area contributed by atoms with Gasteiger partial charge in [0, 0.05) is 12.6 Å². The summed E-state index contributed by atoms with van der Waals surface area (Å²) in [6, 6.07) is 2.71. The van der Waals surface area contributed by atoms with Crippen LogP contribution in [0.15, 0.2) is 27.5 Å². The van der Waals surface area contributed by atoms with Gasteiger partial charge in [0.1, 0.15) is 0 Å². The van der Waals surface area contributed by atoms with E-state index in [2.05, 4.69) is 47.6 Å². The first-order chi connectivity index (χ1) is 9.28. The van der Waals surface area contributed by atoms with Gasteiger partial charge in [0.05, 0.1) is 17.8 Å². The average molecular weight is 340 g/mol. The topological polar surface area (TPSA) is 38.2 Å². The highest BCUT2D eigenvalue weighted by atomic mass is 79.9. The van der Waals surface area contributed by atoms with E-state index in [0.717, 1.165) is 17.0 Å². The van der Waals surface area contributed by atoms with Crippen LogP contribution < -0.4 is 9.64 Å². The normalized spacial score (nSPS) is 14.4. The summed E-state index contributed by atoms with van der Waals surface area (Å²) in [6.45, 7) is 0.860. The van der Waals surface area contributed by atoms with E-state index in [0.29, 0.717) is 11.9 Å². The minimum absolute atomic E-state index is 0.561. The summed E-state index contributed by atoms with van der Waals surface area (Å²) in [5, 5.41) is 4.27. The number of methoxy groups -OCH3 is 1. The Hall–Kier alpha value is -1.14. The molecule has 0 aliphatic heterocycles. The molecule has 0 spiro atoms. The molecule has 2 aromatic rings. The van der Waals surface area contributed by atoms with Gasteiger partial charge in [-0.3, -0.25) is 0 Å². The van der Waals surface area contributed by atoms with Crippen molar-refractivity contribution < 1.29 is 4.74 Å². The number of ether oxygens (including phenoxy) is 1. The van der Waals surface area contributed by atoms with Crippen LogP contribution in [0, 0.1) is 0 Å². The van der Waals surface area contributed by atoms with E-state index in [9.17, 15) is 0 Å². The maximum absolute atomic E-state index is 5.25. The Balaban J connectivity index is 1.87. The summed E-state index contributed by atoms with van der Waals surface area (Å²) in [4.78, 5) is 11.2. The standard InChI is InChI=1S/C13H14BrN3OS/c1-18-12-11(14)6-15-13(16-12)17(10-2-3-10)7-9-4-5-19-8-9/h4-6,8,10H,2-3,7H2,1H3. The Morgan fingerprint density at radius 1 is 1.53 bits per heavy atom. The van der Waals surface area contributed by atoms with Crippen LogP contribution in [0.2, 0.25) is 0 Å². The van der Waals surface area contributed by atoms with Gasteiger partial charge in [0.25, 0.3) is 0 Å². The van der Waals surface area contributed by atoms with E-state index in [1.54, 1.807) is 24.6 Å². The highest BCUT2D eigenvalue weighted by Gasteiger charge is 2.31. The molecule has 0 unspecified atom stereocenters. The van der Waals surface area contributed by atoms with Crippen molar-refractivity contribution >= 4 is 33.2 Å². The number of halogens is 1. The monoisotopic (exact) mass is 339 g/mol. The fourth-order valence-electron chi connectivity index (χ4n) is 1.95. The van der Waals surface area contributed by atoms with Crippen molar-refractivity contribution in [3.63, 3.8) is 0 Å². The van der Waals surface area contributed by atoms with E-state index in [1.165, 1.54) is 18.4 Å². The number of aromatic nitrogens is 2. The molecule has 0 aromatic carbocycles. The van der Waals surface area contributed by atoms with Crippen molar-refractivity contribution in [2.75, 3.05) is 12.0 Å². The Morgan fingerprint density at radius 2 is 2.37 bits per heavy atom. The molecule has 2 heterocycles. The Morgan fingerprint density at radius 3 is 3.00 bits per heavy atom. The third kappa shape index (κ3) is 2.90. The lowest BCUT2D eigenvalue weighted by Crippen LogP contribution is -2.26. The van der Waals surface area contributed by atoms with E-state index < -0.39 is 0 Å². The number of hydrogen-bond donors (Lipinski definition) is 0. The second-order valence-electron chi connectivity index (χ2n) is 4.52. The molecule has 0 N–H and O–H groups in total. The first kappa shape index (κ1) is 12.9. The maximum Gasteiger partial charge on any atom is 0.232 e. The number of rotatable bonds is 5. The summed E-state index contributed by atoms with van der Waals surface area (Å²) < 4.78 is 6.03. The summed E-state index contributed by atoms with van der Waals surface area (Å²) in [7, 11) is 1.62. The van der Waals surface area contributed by atoms with Gasteiger partial charge in [-0.05, 0) is 51.2 Å². The summed E-state index contributed by atoms with van der Waals surface area (Å²) in [5.41, 5.74) is 1.31. The average Bonchev–Trinajstić information content (AvgIpc) is 3.14. The predicted octanol–water partition coefficient (Wildman–Crippen LogP) is 3.48. The third-order valence-corrected chi connectivity index (χ3v) is 4.35. The van der Waals surface area contributed by atoms with Crippen LogP contribution in [0.4, 0.5) is 5.95 Å². The Kier molecular flexibility index (Phi) is 3.70. The SMILES string of the molecule is COc1nc(N(Cc2ccsc2)C2CC2)ncc1Br. The zero-order valence-electron chi connectivity index (χ0n) is 10.5. The van der Waals surface area contributed by atoms with Gasteiger partial charge in [0.15, 0.2) is 0 Å². The van der Waals surface area contributed by atoms with E-state index in [-0.39, 0.29) is 0 Å². The molecule has 0 radical (unpaired) electrons. The largest absolute Gasteiger partial charge is 0.480 e. The van der Waals surface area contributed by atoms with Gasteiger partial charge in [0.2, 0.25) is 11.8 Å². The Bertz CT molecular complexity index is 557. The smallest absolute Gasteiger partial charge is 0.232 e. The molecule has 1 aliphatic rings. The van der Waals surface area contributed by atoms with Gasteiger partial charge in [-0.1, -0.05) is 0 Å². The molecule has 0 bridgehead atoms. The predicted molar refractivity (Wildman–Crippen MR) is 79.8 cm³/mol. The van der Waals surface area contributed by atoms with Crippen LogP contribution in [-0.2, 0) is 6.54 Å². The second kappa shape index (κ2) is 5.46. The maximum atomic E-state index is 5.25. The molecule has 0 saturated heterocycles. The van der Waals surface area contributed by atoms with Crippen LogP contribution in [-0.4, -0.2) is 23.1 Å². The van der Waals surface area contributed by atoms with Crippen molar-refractivity contribution in [1.29, 1.82) is 0 Å². The zero-order chi connectivity index (χ0) is 13.2. The van der Waals surface area contributed by atoms with E-state index in [4.69, 9.17) is 4.74 Å². The molecular formula is C13H14BrN3OS. The number of hydrogen-bond acceptors (Lipinski definition) is 5. The highest BCUT2D eigenvalue weighted by Crippen LogP contribution is 2.33. The quantitative estimate of drug-likeness (QED) is 0.835. The van der Waals surface area contributed by atoms with Crippen molar-refractivity contribution in [3.05, 3.63) is 33.1 Å². The fraction of sp³-hybridized carbons (Fsp3) is 0.385. The molecule has 1 fully saturated rings. The minimum atomic E-state index is 0.561. The molecule has 100 valence electrons. The fourth-order valence-corrected chi connectivity index (χ4v) is 2.97. The Labute approximate surface area is 124 Å². The zero-order valence-corrected chi connectivity index (χ0v) is 12.9. The van der Waals surface area contributed by atoms with Crippen LogP contribution in [0.5, 0.6) is 5.88 Å². The minimum Gasteiger partial charge on any atom is -0.480 e. The van der Waals surface area contributed by atoms with Gasteiger partial charge in [-0.2, -0.15) is 16.3 Å². The second-order valence-corrected chi connectivity index (χ2v) is 6.15. The van der Waals surface area contributed by atoms with Crippen LogP contribution in [0.25, 0.3) is 0 Å². The third-order valence-electron chi connectivity index (χ3n) is 3.07. The van der Waals surface area contributed by atoms with E-state index in [1.807, 2.05) is 0 Å². The summed E-state index contributed by atoms with van der Waals surface area (Å²) in [5.74, 6) is 1.33. The number of nitrogens with zero attached hydrogens (tertiary/aromatic N) is 3. The molecular weight excluding hydrogens is 326 g/mol. The van der Waals surface area contributed by atoms with Gasteiger partial charge >= 0.3 is 0 Å². The van der Waals surface area contributed by atoms with Gasteiger partial charge < -0.3 is 9.64 Å². The van der Waals surface area contributed by atoms with Gasteiger partial charge in [-0.15, -0.1) is 0 Å². The molecule has 19 heavy (non-hydrogen) atoms. The number of anilines is 1. The molecule has 4 nitrogen and oxygen atoms in total. The highest BCUT2D eigenvalue weighted by molar-refractivity contribution is 9.10. The molecule has 2 aromatic heterocycles. The first-order valence-corrected chi connectivity index (χ1v) is 7.86. The molecule has 6 heteroatoms. The van der Waals surface area contributed by atoms with Crippen LogP contribution in [0.1, 0.15) is 18.4 Å². The molecule has 1 aliphatic carbocycles.